The molecule has 0 aliphatic heterocycles. The van der Waals surface area contributed by atoms with Gasteiger partial charge in [0.2, 0.25) is 5.91 Å². The van der Waals surface area contributed by atoms with Crippen molar-refractivity contribution in [2.45, 2.75) is 32.2 Å². The number of nitro benzene ring substituents is 2. The smallest absolute Gasteiger partial charge is 0.277 e. The van der Waals surface area contributed by atoms with Gasteiger partial charge < -0.3 is 15.7 Å². The molecule has 11 nitrogen and oxygen atoms in total. The zero-order valence-electron chi connectivity index (χ0n) is 16.7. The van der Waals surface area contributed by atoms with Crippen molar-refractivity contribution in [1.82, 2.24) is 10.6 Å². The summed E-state index contributed by atoms with van der Waals surface area (Å²) in [7, 11) is 0. The Balaban J connectivity index is 2.28. The number of phenolic OH excluding ortho intramolecular Hbond substituents is 1. The summed E-state index contributed by atoms with van der Waals surface area (Å²) in [6.45, 7) is 2.36. The van der Waals surface area contributed by atoms with Crippen LogP contribution in [0.5, 0.6) is 5.75 Å². The van der Waals surface area contributed by atoms with Crippen molar-refractivity contribution in [3.63, 3.8) is 0 Å². The van der Waals surface area contributed by atoms with Crippen molar-refractivity contribution in [1.29, 1.82) is 0 Å². The largest absolute Gasteiger partial charge is 0.508 e. The number of carbonyl (C=O) groups is 2. The highest BCUT2D eigenvalue weighted by atomic mass is 16.6. The quantitative estimate of drug-likeness (QED) is 0.296. The summed E-state index contributed by atoms with van der Waals surface area (Å²) in [5.41, 5.74) is -0.875. The van der Waals surface area contributed by atoms with Crippen LogP contribution in [-0.2, 0) is 11.2 Å². The first-order chi connectivity index (χ1) is 14.7. The molecule has 0 aliphatic rings. The minimum atomic E-state index is -1.03. The fourth-order valence-corrected chi connectivity index (χ4v) is 2.77. The van der Waals surface area contributed by atoms with Gasteiger partial charge in [-0.25, -0.2) is 0 Å². The molecule has 0 spiro atoms. The van der Waals surface area contributed by atoms with Crippen LogP contribution in [0, 0.1) is 20.2 Å². The number of nitro groups is 2. The first kappa shape index (κ1) is 23.3. The molecule has 2 amide bonds. The summed E-state index contributed by atoms with van der Waals surface area (Å²) < 4.78 is 0. The zero-order valence-corrected chi connectivity index (χ0v) is 16.7. The van der Waals surface area contributed by atoms with Crippen LogP contribution in [-0.4, -0.2) is 39.4 Å². The lowest BCUT2D eigenvalue weighted by molar-refractivity contribution is -0.394. The van der Waals surface area contributed by atoms with E-state index in [-0.39, 0.29) is 17.7 Å². The minimum absolute atomic E-state index is 0.0423. The average molecular weight is 430 g/mol. The lowest BCUT2D eigenvalue weighted by Crippen LogP contribution is -2.48. The molecule has 0 aliphatic carbocycles. The van der Waals surface area contributed by atoms with Gasteiger partial charge in [-0.05, 0) is 24.1 Å². The summed E-state index contributed by atoms with van der Waals surface area (Å²) >= 11 is 0. The second-order valence-corrected chi connectivity index (χ2v) is 6.79. The van der Waals surface area contributed by atoms with E-state index in [1.54, 1.807) is 12.1 Å². The molecule has 2 aromatic carbocycles. The first-order valence-electron chi connectivity index (χ1n) is 9.51. The van der Waals surface area contributed by atoms with E-state index in [2.05, 4.69) is 10.6 Å². The predicted molar refractivity (Wildman–Crippen MR) is 111 cm³/mol. The number of phenols is 1. The van der Waals surface area contributed by atoms with Crippen molar-refractivity contribution < 1.29 is 24.5 Å². The van der Waals surface area contributed by atoms with Gasteiger partial charge in [-0.1, -0.05) is 25.5 Å². The van der Waals surface area contributed by atoms with Gasteiger partial charge in [0.15, 0.2) is 0 Å². The van der Waals surface area contributed by atoms with Gasteiger partial charge in [0.1, 0.15) is 11.8 Å². The highest BCUT2D eigenvalue weighted by Gasteiger charge is 2.25. The molecule has 0 unspecified atom stereocenters. The number of hydrogen-bond acceptors (Lipinski definition) is 7. The maximum absolute atomic E-state index is 12.7. The highest BCUT2D eigenvalue weighted by molar-refractivity contribution is 5.98. The Labute approximate surface area is 177 Å². The predicted octanol–water partition coefficient (Wildman–Crippen LogP) is 2.47. The number of carbonyl (C=O) groups excluding carboxylic acids is 2. The third-order valence-corrected chi connectivity index (χ3v) is 4.41. The molecule has 11 heteroatoms. The van der Waals surface area contributed by atoms with Crippen LogP contribution in [0.3, 0.4) is 0 Å². The van der Waals surface area contributed by atoms with Crippen LogP contribution >= 0.6 is 0 Å². The number of benzene rings is 2. The zero-order chi connectivity index (χ0) is 23.0. The van der Waals surface area contributed by atoms with Gasteiger partial charge >= 0.3 is 0 Å². The molecular formula is C20H22N4O7. The van der Waals surface area contributed by atoms with E-state index in [1.165, 1.54) is 12.1 Å². The van der Waals surface area contributed by atoms with E-state index in [0.29, 0.717) is 12.1 Å². The molecule has 0 saturated heterocycles. The third-order valence-electron chi connectivity index (χ3n) is 4.41. The normalized spacial score (nSPS) is 11.4. The summed E-state index contributed by atoms with van der Waals surface area (Å²) in [4.78, 5) is 45.8. The standard InChI is InChI=1S/C20H22N4O7/c1-2-3-8-21-20(27)18(9-13-4-6-17(25)7-5-13)22-19(26)14-10-15(23(28)29)12-16(11-14)24(30)31/h4-7,10-12,18,25H,2-3,8-9H2,1H3,(H,21,27)(H,22,26)/t18-/m0/s1. The van der Waals surface area contributed by atoms with Crippen LogP contribution in [0.1, 0.15) is 35.7 Å². The van der Waals surface area contributed by atoms with Crippen molar-refractivity contribution >= 4 is 23.2 Å². The molecule has 2 rings (SSSR count). The molecule has 0 aromatic heterocycles. The van der Waals surface area contributed by atoms with Gasteiger partial charge in [-0.2, -0.15) is 0 Å². The highest BCUT2D eigenvalue weighted by Crippen LogP contribution is 2.23. The van der Waals surface area contributed by atoms with Crippen LogP contribution in [0.2, 0.25) is 0 Å². The number of aromatic hydroxyl groups is 1. The molecule has 0 bridgehead atoms. The number of nitrogens with zero attached hydrogens (tertiary/aromatic N) is 2. The Hall–Kier alpha value is -4.02. The maximum atomic E-state index is 12.7. The molecule has 0 fully saturated rings. The van der Waals surface area contributed by atoms with Gasteiger partial charge in [0.25, 0.3) is 17.3 Å². The van der Waals surface area contributed by atoms with Gasteiger partial charge in [0.05, 0.1) is 21.5 Å². The molecule has 0 saturated carbocycles. The Morgan fingerprint density at radius 1 is 1.03 bits per heavy atom. The maximum Gasteiger partial charge on any atom is 0.277 e. The third kappa shape index (κ3) is 6.77. The molecule has 2 aromatic rings. The summed E-state index contributed by atoms with van der Waals surface area (Å²) in [6.07, 6.45) is 1.68. The van der Waals surface area contributed by atoms with E-state index in [1.807, 2.05) is 6.92 Å². The summed E-state index contributed by atoms with van der Waals surface area (Å²) in [5.74, 6) is -1.28. The fourth-order valence-electron chi connectivity index (χ4n) is 2.77. The van der Waals surface area contributed by atoms with E-state index >= 15 is 0 Å². The number of amides is 2. The number of non-ortho nitro benzene ring substituents is 2. The monoisotopic (exact) mass is 430 g/mol. The van der Waals surface area contributed by atoms with Crippen molar-refractivity contribution in [3.05, 3.63) is 73.8 Å². The van der Waals surface area contributed by atoms with Gasteiger partial charge in [0, 0.05) is 25.1 Å². The van der Waals surface area contributed by atoms with Crippen LogP contribution in [0.25, 0.3) is 0 Å². The Morgan fingerprint density at radius 2 is 1.61 bits per heavy atom. The molecule has 0 radical (unpaired) electrons. The Morgan fingerprint density at radius 3 is 2.13 bits per heavy atom. The summed E-state index contributed by atoms with van der Waals surface area (Å²) in [6, 6.07) is 7.59. The van der Waals surface area contributed by atoms with E-state index in [4.69, 9.17) is 0 Å². The Kier molecular flexibility index (Phi) is 8.01. The molecule has 3 N–H and O–H groups in total. The molecule has 1 atom stereocenters. The van der Waals surface area contributed by atoms with Crippen molar-refractivity contribution in [3.8, 4) is 5.75 Å². The summed E-state index contributed by atoms with van der Waals surface area (Å²) in [5, 5.41) is 36.8. The van der Waals surface area contributed by atoms with Crippen LogP contribution < -0.4 is 10.6 Å². The van der Waals surface area contributed by atoms with Crippen LogP contribution in [0.4, 0.5) is 11.4 Å². The van der Waals surface area contributed by atoms with E-state index in [9.17, 15) is 34.9 Å². The van der Waals surface area contributed by atoms with Gasteiger partial charge in [-0.3, -0.25) is 29.8 Å². The Bertz CT molecular complexity index is 944. The number of nitrogens with one attached hydrogen (secondary N) is 2. The average Bonchev–Trinajstić information content (AvgIpc) is 2.74. The van der Waals surface area contributed by atoms with Crippen molar-refractivity contribution in [2.24, 2.45) is 0 Å². The second-order valence-electron chi connectivity index (χ2n) is 6.79. The number of hydrogen-bond donors (Lipinski definition) is 3. The minimum Gasteiger partial charge on any atom is -0.508 e. The molecule has 0 heterocycles. The number of rotatable bonds is 10. The molecule has 164 valence electrons. The molecule has 31 heavy (non-hydrogen) atoms. The van der Waals surface area contributed by atoms with E-state index < -0.39 is 39.1 Å². The topological polar surface area (TPSA) is 165 Å². The van der Waals surface area contributed by atoms with Crippen molar-refractivity contribution in [2.75, 3.05) is 6.54 Å². The first-order valence-corrected chi connectivity index (χ1v) is 9.51. The lowest BCUT2D eigenvalue weighted by atomic mass is 10.0. The number of unbranched alkanes of at least 4 members (excludes halogenated alkanes) is 1. The van der Waals surface area contributed by atoms with E-state index in [0.717, 1.165) is 31.0 Å². The fraction of sp³-hybridized carbons (Fsp3) is 0.300. The lowest BCUT2D eigenvalue weighted by Gasteiger charge is -2.19. The SMILES string of the molecule is CCCCNC(=O)[C@H](Cc1ccc(O)cc1)NC(=O)c1cc([N+](=O)[O-])cc([N+](=O)[O-])c1. The molecular weight excluding hydrogens is 408 g/mol. The van der Waals surface area contributed by atoms with Crippen LogP contribution in [0.15, 0.2) is 42.5 Å². The second kappa shape index (κ2) is 10.7. The van der Waals surface area contributed by atoms with Gasteiger partial charge in [-0.15, -0.1) is 0 Å².